The number of nitrogens with one attached hydrogen (secondary N) is 1. The van der Waals surface area contributed by atoms with Crippen LogP contribution in [0, 0.1) is 11.8 Å². The van der Waals surface area contributed by atoms with Crippen LogP contribution in [0.4, 0.5) is 0 Å². The Morgan fingerprint density at radius 1 is 1.19 bits per heavy atom. The summed E-state index contributed by atoms with van der Waals surface area (Å²) in [6, 6.07) is 0.421. The molecule has 0 spiro atoms. The Bertz CT molecular complexity index is 218. The quantitative estimate of drug-likeness (QED) is 0.736. The molecule has 1 N–H and O–H groups in total. The molecule has 96 valence electrons. The van der Waals surface area contributed by atoms with Gasteiger partial charge in [-0.1, -0.05) is 20.8 Å². The van der Waals surface area contributed by atoms with E-state index in [1.807, 2.05) is 27.7 Å². The monoisotopic (exact) mass is 229 g/mol. The van der Waals surface area contributed by atoms with E-state index in [4.69, 9.17) is 4.74 Å². The van der Waals surface area contributed by atoms with E-state index in [-0.39, 0.29) is 11.9 Å². The van der Waals surface area contributed by atoms with Crippen molar-refractivity contribution in [3.8, 4) is 0 Å². The van der Waals surface area contributed by atoms with E-state index < -0.39 is 5.60 Å². The molecule has 0 aromatic carbocycles. The molecule has 0 fully saturated rings. The molecular weight excluding hydrogens is 202 g/mol. The SMILES string of the molecule is CC(C)[C@H](C)NC[C@H](C)C(=O)OC(C)(C)C. The molecule has 0 radical (unpaired) electrons. The van der Waals surface area contributed by atoms with Crippen LogP contribution in [0.2, 0.25) is 0 Å². The highest BCUT2D eigenvalue weighted by atomic mass is 16.6. The molecule has 0 aliphatic heterocycles. The van der Waals surface area contributed by atoms with Crippen molar-refractivity contribution < 1.29 is 9.53 Å². The molecule has 0 unspecified atom stereocenters. The van der Waals surface area contributed by atoms with E-state index in [2.05, 4.69) is 26.1 Å². The maximum Gasteiger partial charge on any atom is 0.310 e. The zero-order chi connectivity index (χ0) is 12.9. The molecule has 0 heterocycles. The number of carbonyl (C=O) groups excluding carboxylic acids is 1. The first-order chi connectivity index (χ1) is 7.13. The van der Waals surface area contributed by atoms with Crippen LogP contribution in [0.5, 0.6) is 0 Å². The van der Waals surface area contributed by atoms with Crippen LogP contribution in [0.1, 0.15) is 48.5 Å². The fraction of sp³-hybridized carbons (Fsp3) is 0.923. The van der Waals surface area contributed by atoms with Crippen molar-refractivity contribution in [1.82, 2.24) is 5.32 Å². The van der Waals surface area contributed by atoms with Crippen LogP contribution in [0.25, 0.3) is 0 Å². The molecule has 3 nitrogen and oxygen atoms in total. The van der Waals surface area contributed by atoms with Crippen LogP contribution in [0.3, 0.4) is 0 Å². The second-order valence-corrected chi connectivity index (χ2v) is 5.88. The lowest BCUT2D eigenvalue weighted by Crippen LogP contribution is -2.38. The number of esters is 1. The average Bonchev–Trinajstić information content (AvgIpc) is 2.10. The zero-order valence-corrected chi connectivity index (χ0v) is 11.8. The van der Waals surface area contributed by atoms with Gasteiger partial charge in [0, 0.05) is 12.6 Å². The Hall–Kier alpha value is -0.570. The highest BCUT2D eigenvalue weighted by Gasteiger charge is 2.22. The number of rotatable bonds is 5. The largest absolute Gasteiger partial charge is 0.460 e. The van der Waals surface area contributed by atoms with Crippen LogP contribution in [0.15, 0.2) is 0 Å². The van der Waals surface area contributed by atoms with Crippen LogP contribution in [-0.2, 0) is 9.53 Å². The van der Waals surface area contributed by atoms with Gasteiger partial charge in [0.2, 0.25) is 0 Å². The summed E-state index contributed by atoms with van der Waals surface area (Å²) in [5.74, 6) is 0.349. The van der Waals surface area contributed by atoms with Gasteiger partial charge in [-0.2, -0.15) is 0 Å². The van der Waals surface area contributed by atoms with Gasteiger partial charge in [-0.25, -0.2) is 0 Å². The average molecular weight is 229 g/mol. The minimum absolute atomic E-state index is 0.0968. The molecule has 2 atom stereocenters. The molecular formula is C13H27NO2. The Balaban J connectivity index is 3.98. The van der Waals surface area contributed by atoms with E-state index in [0.29, 0.717) is 18.5 Å². The number of ether oxygens (including phenoxy) is 1. The first kappa shape index (κ1) is 15.4. The lowest BCUT2D eigenvalue weighted by molar-refractivity contribution is -0.159. The third kappa shape index (κ3) is 6.83. The minimum Gasteiger partial charge on any atom is -0.460 e. The van der Waals surface area contributed by atoms with Gasteiger partial charge >= 0.3 is 5.97 Å². The van der Waals surface area contributed by atoms with Gasteiger partial charge in [0.1, 0.15) is 5.60 Å². The standard InChI is InChI=1S/C13H27NO2/c1-9(2)11(4)14-8-10(3)12(15)16-13(5,6)7/h9-11,14H,8H2,1-7H3/t10-,11-/m0/s1. The summed E-state index contributed by atoms with van der Waals surface area (Å²) in [5.41, 5.74) is -0.394. The van der Waals surface area contributed by atoms with Crippen LogP contribution >= 0.6 is 0 Å². The van der Waals surface area contributed by atoms with Gasteiger partial charge in [-0.3, -0.25) is 4.79 Å². The first-order valence-corrected chi connectivity index (χ1v) is 6.09. The maximum atomic E-state index is 11.7. The summed E-state index contributed by atoms with van der Waals surface area (Å²) in [6.07, 6.45) is 0. The molecule has 0 amide bonds. The summed E-state index contributed by atoms with van der Waals surface area (Å²) >= 11 is 0. The molecule has 0 bridgehead atoms. The van der Waals surface area contributed by atoms with Gasteiger partial charge in [0.05, 0.1) is 5.92 Å². The summed E-state index contributed by atoms with van der Waals surface area (Å²) in [5, 5.41) is 3.35. The molecule has 0 saturated carbocycles. The topological polar surface area (TPSA) is 38.3 Å². The Morgan fingerprint density at radius 3 is 2.06 bits per heavy atom. The molecule has 16 heavy (non-hydrogen) atoms. The van der Waals surface area contributed by atoms with Crippen molar-refractivity contribution in [2.75, 3.05) is 6.54 Å². The molecule has 0 saturated heterocycles. The van der Waals surface area contributed by atoms with Crippen molar-refractivity contribution in [2.24, 2.45) is 11.8 Å². The van der Waals surface area contributed by atoms with Gasteiger partial charge in [-0.05, 0) is 33.6 Å². The lowest BCUT2D eigenvalue weighted by Gasteiger charge is -2.24. The van der Waals surface area contributed by atoms with Crippen molar-refractivity contribution in [3.05, 3.63) is 0 Å². The van der Waals surface area contributed by atoms with Crippen LogP contribution in [-0.4, -0.2) is 24.2 Å². The van der Waals surface area contributed by atoms with E-state index in [9.17, 15) is 4.79 Å². The Morgan fingerprint density at radius 2 is 1.69 bits per heavy atom. The van der Waals surface area contributed by atoms with Crippen molar-refractivity contribution >= 4 is 5.97 Å². The second kappa shape index (κ2) is 6.24. The maximum absolute atomic E-state index is 11.7. The lowest BCUT2D eigenvalue weighted by atomic mass is 10.1. The molecule has 0 rings (SSSR count). The van der Waals surface area contributed by atoms with E-state index >= 15 is 0 Å². The normalized spacial score (nSPS) is 16.0. The number of hydrogen-bond acceptors (Lipinski definition) is 3. The fourth-order valence-electron chi connectivity index (χ4n) is 1.08. The van der Waals surface area contributed by atoms with Crippen molar-refractivity contribution in [1.29, 1.82) is 0 Å². The van der Waals surface area contributed by atoms with Gasteiger partial charge < -0.3 is 10.1 Å². The predicted molar refractivity (Wildman–Crippen MR) is 67.3 cm³/mol. The van der Waals surface area contributed by atoms with E-state index in [0.717, 1.165) is 0 Å². The highest BCUT2D eigenvalue weighted by molar-refractivity contribution is 5.72. The van der Waals surface area contributed by atoms with E-state index in [1.54, 1.807) is 0 Å². The van der Waals surface area contributed by atoms with E-state index in [1.165, 1.54) is 0 Å². The van der Waals surface area contributed by atoms with Gasteiger partial charge in [0.15, 0.2) is 0 Å². The third-order valence-corrected chi connectivity index (χ3v) is 2.56. The minimum atomic E-state index is -0.394. The zero-order valence-electron chi connectivity index (χ0n) is 11.8. The van der Waals surface area contributed by atoms with Gasteiger partial charge in [-0.15, -0.1) is 0 Å². The number of carbonyl (C=O) groups is 1. The summed E-state index contributed by atoms with van der Waals surface area (Å²) < 4.78 is 5.31. The van der Waals surface area contributed by atoms with Crippen molar-refractivity contribution in [2.45, 2.75) is 60.1 Å². The summed E-state index contributed by atoms with van der Waals surface area (Å²) in [4.78, 5) is 11.7. The Kier molecular flexibility index (Phi) is 6.01. The smallest absolute Gasteiger partial charge is 0.310 e. The molecule has 0 aromatic rings. The molecule has 0 aromatic heterocycles. The first-order valence-electron chi connectivity index (χ1n) is 6.09. The molecule has 0 aliphatic carbocycles. The summed E-state index contributed by atoms with van der Waals surface area (Å²) in [7, 11) is 0. The van der Waals surface area contributed by atoms with Crippen LogP contribution < -0.4 is 5.32 Å². The number of hydrogen-bond donors (Lipinski definition) is 1. The second-order valence-electron chi connectivity index (χ2n) is 5.88. The highest BCUT2D eigenvalue weighted by Crippen LogP contribution is 2.11. The van der Waals surface area contributed by atoms with Crippen molar-refractivity contribution in [3.63, 3.8) is 0 Å². The summed E-state index contributed by atoms with van der Waals surface area (Å²) in [6.45, 7) is 14.7. The van der Waals surface area contributed by atoms with Gasteiger partial charge in [0.25, 0.3) is 0 Å². The third-order valence-electron chi connectivity index (χ3n) is 2.56. The fourth-order valence-corrected chi connectivity index (χ4v) is 1.08. The predicted octanol–water partition coefficient (Wildman–Crippen LogP) is 2.60. The molecule has 0 aliphatic rings. The Labute approximate surface area is 99.9 Å². The molecule has 3 heteroatoms.